The molecule has 100 valence electrons. The third-order valence-corrected chi connectivity index (χ3v) is 3.76. The normalized spacial score (nSPS) is 24.6. The van der Waals surface area contributed by atoms with Crippen molar-refractivity contribution in [2.24, 2.45) is 11.7 Å². The van der Waals surface area contributed by atoms with E-state index in [4.69, 9.17) is 15.6 Å². The van der Waals surface area contributed by atoms with Gasteiger partial charge in [0.05, 0.1) is 6.61 Å². The lowest BCUT2D eigenvalue weighted by Gasteiger charge is -2.25. The van der Waals surface area contributed by atoms with E-state index in [2.05, 4.69) is 0 Å². The summed E-state index contributed by atoms with van der Waals surface area (Å²) in [5.74, 6) is 1.32. The Morgan fingerprint density at radius 2 is 2.06 bits per heavy atom. The number of aliphatic hydroxyl groups is 1. The van der Waals surface area contributed by atoms with Gasteiger partial charge in [-0.05, 0) is 43.5 Å². The molecule has 1 aliphatic rings. The second kappa shape index (κ2) is 6.76. The van der Waals surface area contributed by atoms with Gasteiger partial charge >= 0.3 is 0 Å². The predicted octanol–water partition coefficient (Wildman–Crippen LogP) is 2.47. The lowest BCUT2D eigenvalue weighted by Crippen LogP contribution is -2.31. The number of hydrogen-bond donors (Lipinski definition) is 2. The fourth-order valence-electron chi connectivity index (χ4n) is 2.67. The summed E-state index contributed by atoms with van der Waals surface area (Å²) in [6.07, 6.45) is 6.25. The summed E-state index contributed by atoms with van der Waals surface area (Å²) < 4.78 is 6.09. The summed E-state index contributed by atoms with van der Waals surface area (Å²) in [4.78, 5) is 0. The molecule has 0 bridgehead atoms. The fourth-order valence-corrected chi connectivity index (χ4v) is 2.67. The zero-order valence-corrected chi connectivity index (χ0v) is 10.8. The van der Waals surface area contributed by atoms with Crippen LogP contribution in [0.5, 0.6) is 5.75 Å². The van der Waals surface area contributed by atoms with Crippen LogP contribution >= 0.6 is 0 Å². The Hall–Kier alpha value is -1.06. The number of hydrogen-bond acceptors (Lipinski definition) is 3. The van der Waals surface area contributed by atoms with Gasteiger partial charge in [0.25, 0.3) is 0 Å². The Morgan fingerprint density at radius 3 is 2.83 bits per heavy atom. The van der Waals surface area contributed by atoms with Crippen molar-refractivity contribution in [3.8, 4) is 5.75 Å². The van der Waals surface area contributed by atoms with E-state index >= 15 is 0 Å². The van der Waals surface area contributed by atoms with Crippen molar-refractivity contribution >= 4 is 0 Å². The van der Waals surface area contributed by atoms with Crippen molar-refractivity contribution in [3.63, 3.8) is 0 Å². The summed E-state index contributed by atoms with van der Waals surface area (Å²) in [5, 5.41) is 9.14. The number of nitrogens with two attached hydrogens (primary N) is 1. The van der Waals surface area contributed by atoms with E-state index in [0.29, 0.717) is 12.5 Å². The van der Waals surface area contributed by atoms with Crippen LogP contribution in [0.3, 0.4) is 0 Å². The number of aliphatic hydroxyl groups excluding tert-OH is 1. The average molecular weight is 249 g/mol. The highest BCUT2D eigenvalue weighted by molar-refractivity contribution is 5.28. The minimum atomic E-state index is 0.0577. The average Bonchev–Trinajstić information content (AvgIpc) is 2.64. The minimum Gasteiger partial charge on any atom is -0.490 e. The van der Waals surface area contributed by atoms with Gasteiger partial charge in [0.1, 0.15) is 11.9 Å². The molecule has 1 aliphatic carbocycles. The molecule has 0 aliphatic heterocycles. The number of benzene rings is 1. The third kappa shape index (κ3) is 3.47. The Labute approximate surface area is 109 Å². The molecule has 3 N–H and O–H groups in total. The monoisotopic (exact) mass is 249 g/mol. The number of ether oxygens (including phenoxy) is 1. The second-order valence-electron chi connectivity index (χ2n) is 5.10. The van der Waals surface area contributed by atoms with Crippen molar-refractivity contribution in [1.29, 1.82) is 0 Å². The first-order chi connectivity index (χ1) is 8.83. The molecular weight excluding hydrogens is 226 g/mol. The van der Waals surface area contributed by atoms with Gasteiger partial charge in [-0.1, -0.05) is 25.0 Å². The molecule has 1 saturated carbocycles. The molecule has 2 rings (SSSR count). The first-order valence-electron chi connectivity index (χ1n) is 6.90. The van der Waals surface area contributed by atoms with Crippen LogP contribution in [0.25, 0.3) is 0 Å². The van der Waals surface area contributed by atoms with E-state index in [0.717, 1.165) is 17.7 Å². The van der Waals surface area contributed by atoms with Gasteiger partial charge in [-0.25, -0.2) is 0 Å². The first kappa shape index (κ1) is 13.4. The van der Waals surface area contributed by atoms with Crippen LogP contribution in [-0.2, 0) is 6.61 Å². The molecule has 1 aromatic carbocycles. The van der Waals surface area contributed by atoms with E-state index in [9.17, 15) is 0 Å². The van der Waals surface area contributed by atoms with Crippen LogP contribution in [0.2, 0.25) is 0 Å². The zero-order valence-electron chi connectivity index (χ0n) is 10.8. The summed E-state index contributed by atoms with van der Waals surface area (Å²) in [7, 11) is 0. The Kier molecular flexibility index (Phi) is 5.02. The van der Waals surface area contributed by atoms with Crippen LogP contribution in [0.1, 0.15) is 37.7 Å². The highest BCUT2D eigenvalue weighted by Crippen LogP contribution is 2.27. The Bertz CT molecular complexity index is 367. The third-order valence-electron chi connectivity index (χ3n) is 3.76. The van der Waals surface area contributed by atoms with Crippen LogP contribution in [-0.4, -0.2) is 17.8 Å². The SMILES string of the molecule is NCC1CCCCCC1Oc1cccc(CO)c1. The van der Waals surface area contributed by atoms with Crippen molar-refractivity contribution in [2.45, 2.75) is 44.8 Å². The molecule has 2 atom stereocenters. The van der Waals surface area contributed by atoms with Gasteiger partial charge in [-0.2, -0.15) is 0 Å². The maximum absolute atomic E-state index is 9.14. The molecule has 0 spiro atoms. The predicted molar refractivity (Wildman–Crippen MR) is 72.4 cm³/mol. The zero-order chi connectivity index (χ0) is 12.8. The number of rotatable bonds is 4. The molecular formula is C15H23NO2. The van der Waals surface area contributed by atoms with Gasteiger partial charge in [-0.15, -0.1) is 0 Å². The molecule has 3 heteroatoms. The lowest BCUT2D eigenvalue weighted by atomic mass is 9.97. The summed E-state index contributed by atoms with van der Waals surface area (Å²) in [6, 6.07) is 7.70. The molecule has 0 saturated heterocycles. The summed E-state index contributed by atoms with van der Waals surface area (Å²) in [5.41, 5.74) is 6.75. The van der Waals surface area contributed by atoms with Crippen LogP contribution in [0, 0.1) is 5.92 Å². The molecule has 0 amide bonds. The molecule has 3 nitrogen and oxygen atoms in total. The second-order valence-corrected chi connectivity index (χ2v) is 5.10. The van der Waals surface area contributed by atoms with Crippen LogP contribution in [0.15, 0.2) is 24.3 Å². The highest BCUT2D eigenvalue weighted by Gasteiger charge is 2.24. The van der Waals surface area contributed by atoms with E-state index in [1.807, 2.05) is 24.3 Å². The maximum Gasteiger partial charge on any atom is 0.120 e. The molecule has 18 heavy (non-hydrogen) atoms. The van der Waals surface area contributed by atoms with Gasteiger partial charge in [0.15, 0.2) is 0 Å². The first-order valence-corrected chi connectivity index (χ1v) is 6.90. The maximum atomic E-state index is 9.14. The van der Waals surface area contributed by atoms with E-state index in [1.165, 1.54) is 25.7 Å². The Balaban J connectivity index is 2.05. The molecule has 0 aromatic heterocycles. The van der Waals surface area contributed by atoms with Crippen molar-refractivity contribution < 1.29 is 9.84 Å². The molecule has 0 radical (unpaired) electrons. The largest absolute Gasteiger partial charge is 0.490 e. The summed E-state index contributed by atoms with van der Waals surface area (Å²) >= 11 is 0. The van der Waals surface area contributed by atoms with Gasteiger partial charge in [0.2, 0.25) is 0 Å². The topological polar surface area (TPSA) is 55.5 Å². The molecule has 0 heterocycles. The molecule has 1 aromatic rings. The fraction of sp³-hybridized carbons (Fsp3) is 0.600. The van der Waals surface area contributed by atoms with E-state index in [1.54, 1.807) is 0 Å². The Morgan fingerprint density at radius 1 is 1.22 bits per heavy atom. The smallest absolute Gasteiger partial charge is 0.120 e. The summed E-state index contributed by atoms with van der Waals surface area (Å²) in [6.45, 7) is 0.756. The van der Waals surface area contributed by atoms with Gasteiger partial charge in [0, 0.05) is 5.92 Å². The van der Waals surface area contributed by atoms with Gasteiger partial charge in [-0.3, -0.25) is 0 Å². The molecule has 1 fully saturated rings. The minimum absolute atomic E-state index is 0.0577. The van der Waals surface area contributed by atoms with E-state index < -0.39 is 0 Å². The van der Waals surface area contributed by atoms with E-state index in [-0.39, 0.29) is 12.7 Å². The van der Waals surface area contributed by atoms with Crippen molar-refractivity contribution in [3.05, 3.63) is 29.8 Å². The van der Waals surface area contributed by atoms with Crippen molar-refractivity contribution in [2.75, 3.05) is 6.54 Å². The quantitative estimate of drug-likeness (QED) is 0.806. The van der Waals surface area contributed by atoms with Crippen LogP contribution < -0.4 is 10.5 Å². The van der Waals surface area contributed by atoms with Crippen molar-refractivity contribution in [1.82, 2.24) is 0 Å². The van der Waals surface area contributed by atoms with Gasteiger partial charge < -0.3 is 15.6 Å². The highest BCUT2D eigenvalue weighted by atomic mass is 16.5. The lowest BCUT2D eigenvalue weighted by molar-refractivity contribution is 0.129. The standard InChI is InChI=1S/C15H23NO2/c16-10-13-6-2-1-3-8-15(13)18-14-7-4-5-12(9-14)11-17/h4-5,7,9,13,15,17H,1-3,6,8,10-11,16H2. The molecule has 2 unspecified atom stereocenters. The van der Waals surface area contributed by atoms with Crippen LogP contribution in [0.4, 0.5) is 0 Å².